The summed E-state index contributed by atoms with van der Waals surface area (Å²) in [5.41, 5.74) is 4.54. The van der Waals surface area contributed by atoms with Gasteiger partial charge in [0.25, 0.3) is 6.47 Å². The first-order valence-corrected chi connectivity index (χ1v) is 24.0. The van der Waals surface area contributed by atoms with Gasteiger partial charge in [0, 0.05) is 58.4 Å². The van der Waals surface area contributed by atoms with Crippen molar-refractivity contribution < 1.29 is 101 Å². The quantitative estimate of drug-likeness (QED) is 0.0132. The third-order valence-electron chi connectivity index (χ3n) is 9.95. The fourth-order valence-corrected chi connectivity index (χ4v) is 8.40. The second-order valence-corrected chi connectivity index (χ2v) is 17.7. The first-order chi connectivity index (χ1) is 32.4. The van der Waals surface area contributed by atoms with Crippen LogP contribution in [0.1, 0.15) is 32.4 Å². The smallest absolute Gasteiger partial charge is 0.409 e. The number of carbonyl (C=O) groups is 4. The molecule has 0 radical (unpaired) electrons. The standard InChI is InChI=1S/C38H65N6O22PS/c1-23(46)41-31-25(47)17-38(62-22-45,66-67(55,56)63-20-28-33(52)34(53)36(64-28)44-7-6-29(39)43-37(44)54)65-35(31)32(51)27(49)19-40-18-26(48)24(21-68-16-15-61-12-10-58-3)42-30(50)5-4-8-59-13-14-60-11-9-57-2/h6-7,22,24-25,27-28,31-36,40,47,49,51-53H,4-5,8-21H2,1-3H3,(H,41,46)(H,42,50)(H,55,56)(H2,39,43,54)/t24?,25?,27?,28-,31?,32?,33-,34-,35?,36-,38?/m1/s1. The van der Waals surface area contributed by atoms with Gasteiger partial charge in [0.15, 0.2) is 12.0 Å². The van der Waals surface area contributed by atoms with E-state index in [0.717, 1.165) is 17.7 Å². The SMILES string of the molecule is COCCOCCOCCCC(=O)NC(CSCCOCCOC)C(=O)CNCC(O)C(O)C1OC(OC=O)(OP(=O)(O)OC[C@H]2O[C@@H](n3ccc(N)nc3=O)[C@H](O)[C@@H]2O)CC(O)C1NC(C)=O. The molecule has 2 amide bonds. The average Bonchev–Trinajstić information content (AvgIpc) is 3.56. The second kappa shape index (κ2) is 30.4. The van der Waals surface area contributed by atoms with Crippen molar-refractivity contribution in [2.24, 2.45) is 0 Å². The van der Waals surface area contributed by atoms with E-state index in [4.69, 9.17) is 52.7 Å². The highest BCUT2D eigenvalue weighted by molar-refractivity contribution is 7.99. The third kappa shape index (κ3) is 19.8. The van der Waals surface area contributed by atoms with E-state index in [0.29, 0.717) is 58.4 Å². The van der Waals surface area contributed by atoms with Crippen LogP contribution in [0.5, 0.6) is 0 Å². The number of hydrogen-bond donors (Lipinski definition) is 10. The maximum Gasteiger partial charge on any atom is 0.477 e. The molecule has 3 rings (SSSR count). The number of hydrogen-bond acceptors (Lipinski definition) is 25. The van der Waals surface area contributed by atoms with Gasteiger partial charge in [-0.05, 0) is 12.5 Å². The molecular formula is C38H65N6O22PS. The number of methoxy groups -OCH3 is 2. The number of carbonyl (C=O) groups excluding carboxylic acids is 4. The van der Waals surface area contributed by atoms with Crippen LogP contribution >= 0.6 is 19.6 Å². The molecular weight excluding hydrogens is 955 g/mol. The first kappa shape index (κ1) is 59.0. The lowest BCUT2D eigenvalue weighted by molar-refractivity contribution is -0.383. The lowest BCUT2D eigenvalue weighted by atomic mass is 9.91. The molecule has 0 aliphatic carbocycles. The van der Waals surface area contributed by atoms with Gasteiger partial charge in [-0.1, -0.05) is 0 Å². The fraction of sp³-hybridized carbons (Fsp3) is 0.789. The number of phosphoric ester groups is 1. The van der Waals surface area contributed by atoms with Crippen LogP contribution in [0.15, 0.2) is 17.1 Å². The molecule has 28 nitrogen and oxygen atoms in total. The molecule has 2 saturated heterocycles. The van der Waals surface area contributed by atoms with Gasteiger partial charge >= 0.3 is 19.5 Å². The molecule has 11 N–H and O–H groups in total. The zero-order valence-corrected chi connectivity index (χ0v) is 39.6. The van der Waals surface area contributed by atoms with E-state index >= 15 is 0 Å². The summed E-state index contributed by atoms with van der Waals surface area (Å²) in [4.78, 5) is 76.7. The van der Waals surface area contributed by atoms with E-state index in [1.165, 1.54) is 24.9 Å². The number of nitrogens with two attached hydrogens (primary N) is 1. The Labute approximate surface area is 395 Å². The molecule has 1 aromatic heterocycles. The number of Topliss-reactive ketones (excluding diaryl/α,β-unsaturated/α-hetero) is 1. The Morgan fingerprint density at radius 2 is 1.71 bits per heavy atom. The normalized spacial score (nSPS) is 26.0. The van der Waals surface area contributed by atoms with E-state index in [1.54, 1.807) is 7.11 Å². The largest absolute Gasteiger partial charge is 0.477 e. The second-order valence-electron chi connectivity index (χ2n) is 15.2. The van der Waals surface area contributed by atoms with Gasteiger partial charge in [0.2, 0.25) is 11.8 Å². The van der Waals surface area contributed by atoms with E-state index in [9.17, 15) is 59.0 Å². The summed E-state index contributed by atoms with van der Waals surface area (Å²) in [7, 11) is -2.43. The number of nitrogens with zero attached hydrogens (tertiary/aromatic N) is 2. The molecule has 3 heterocycles. The zero-order chi connectivity index (χ0) is 50.3. The Hall–Kier alpha value is -3.30. The fourth-order valence-electron chi connectivity index (χ4n) is 6.59. The summed E-state index contributed by atoms with van der Waals surface area (Å²) in [5.74, 6) is -4.23. The van der Waals surface area contributed by atoms with Crippen LogP contribution < -0.4 is 27.4 Å². The van der Waals surface area contributed by atoms with Gasteiger partial charge in [0.05, 0.1) is 90.1 Å². The number of nitrogen functional groups attached to an aromatic ring is 1. The molecule has 8 unspecified atom stereocenters. The van der Waals surface area contributed by atoms with Crippen LogP contribution in [-0.4, -0.2) is 223 Å². The number of rotatable bonds is 35. The Morgan fingerprint density at radius 3 is 2.35 bits per heavy atom. The average molecular weight is 1020 g/mol. The summed E-state index contributed by atoms with van der Waals surface area (Å²) in [6, 6.07) is -1.36. The minimum absolute atomic E-state index is 0.0481. The number of aromatic nitrogens is 2. The van der Waals surface area contributed by atoms with Crippen molar-refractivity contribution in [3.63, 3.8) is 0 Å². The molecule has 2 aliphatic heterocycles. The predicted molar refractivity (Wildman–Crippen MR) is 233 cm³/mol. The number of phosphoric acid groups is 1. The lowest BCUT2D eigenvalue weighted by Gasteiger charge is -2.46. The highest BCUT2D eigenvalue weighted by Gasteiger charge is 2.56. The maximum atomic E-state index is 13.4. The van der Waals surface area contributed by atoms with Crippen LogP contribution in [0.25, 0.3) is 0 Å². The van der Waals surface area contributed by atoms with Crippen molar-refractivity contribution in [2.45, 2.75) is 93.2 Å². The monoisotopic (exact) mass is 1020 g/mol. The van der Waals surface area contributed by atoms with Crippen molar-refractivity contribution in [1.29, 1.82) is 0 Å². The molecule has 2 aliphatic rings. The van der Waals surface area contributed by atoms with E-state index in [-0.39, 0.29) is 31.1 Å². The Kier molecular flexibility index (Phi) is 26.4. The molecule has 2 fully saturated rings. The van der Waals surface area contributed by atoms with Crippen molar-refractivity contribution in [2.75, 3.05) is 104 Å². The third-order valence-corrected chi connectivity index (χ3v) is 12.0. The highest BCUT2D eigenvalue weighted by Crippen LogP contribution is 2.51. The first-order valence-electron chi connectivity index (χ1n) is 21.3. The molecule has 1 aromatic rings. The number of ether oxygens (including phenoxy) is 8. The van der Waals surface area contributed by atoms with E-state index in [1.807, 2.05) is 0 Å². The van der Waals surface area contributed by atoms with Crippen LogP contribution in [0.4, 0.5) is 5.82 Å². The topological polar surface area (TPSA) is 396 Å². The maximum absolute atomic E-state index is 13.4. The van der Waals surface area contributed by atoms with Crippen LogP contribution in [0.2, 0.25) is 0 Å². The Bertz CT molecular complexity index is 1810. The van der Waals surface area contributed by atoms with Crippen molar-refractivity contribution in [3.8, 4) is 0 Å². The van der Waals surface area contributed by atoms with Crippen LogP contribution in [0, 0.1) is 0 Å². The summed E-state index contributed by atoms with van der Waals surface area (Å²) < 4.78 is 66.3. The number of aliphatic hydroxyl groups excluding tert-OH is 5. The van der Waals surface area contributed by atoms with E-state index < -0.39 is 124 Å². The van der Waals surface area contributed by atoms with Gasteiger partial charge in [-0.15, -0.1) is 0 Å². The molecule has 0 aromatic carbocycles. The molecule has 30 heteroatoms. The van der Waals surface area contributed by atoms with E-state index in [2.05, 4.69) is 20.9 Å². The Morgan fingerprint density at radius 1 is 1.04 bits per heavy atom. The number of aliphatic hydroxyl groups is 5. The zero-order valence-electron chi connectivity index (χ0n) is 37.9. The minimum Gasteiger partial charge on any atom is -0.409 e. The number of amides is 2. The summed E-state index contributed by atoms with van der Waals surface area (Å²) in [5, 5.41) is 62.5. The Balaban J connectivity index is 1.65. The number of thioether (sulfide) groups is 1. The number of ketones is 1. The number of anilines is 1. The highest BCUT2D eigenvalue weighted by atomic mass is 32.2. The predicted octanol–water partition coefficient (Wildman–Crippen LogP) is -4.72. The molecule has 0 saturated carbocycles. The number of nitrogens with one attached hydrogen (secondary N) is 3. The molecule has 68 heavy (non-hydrogen) atoms. The summed E-state index contributed by atoms with van der Waals surface area (Å²) in [6.45, 7) is 1.69. The van der Waals surface area contributed by atoms with Crippen LogP contribution in [-0.2, 0) is 70.7 Å². The van der Waals surface area contributed by atoms with Gasteiger partial charge in [-0.3, -0.25) is 28.3 Å². The van der Waals surface area contributed by atoms with Crippen molar-refractivity contribution in [1.82, 2.24) is 25.5 Å². The summed E-state index contributed by atoms with van der Waals surface area (Å²) in [6.07, 6.45) is -14.0. The van der Waals surface area contributed by atoms with Crippen molar-refractivity contribution >= 4 is 49.5 Å². The summed E-state index contributed by atoms with van der Waals surface area (Å²) >= 11 is 1.34. The van der Waals surface area contributed by atoms with Gasteiger partial charge in [0.1, 0.15) is 36.3 Å². The van der Waals surface area contributed by atoms with Crippen LogP contribution in [0.3, 0.4) is 0 Å². The van der Waals surface area contributed by atoms with Crippen molar-refractivity contribution in [3.05, 3.63) is 22.7 Å². The molecule has 12 atom stereocenters. The minimum atomic E-state index is -5.53. The molecule has 0 bridgehead atoms. The molecule has 390 valence electrons. The van der Waals surface area contributed by atoms with Gasteiger partial charge in [-0.2, -0.15) is 16.7 Å². The van der Waals surface area contributed by atoms with Gasteiger partial charge in [-0.25, -0.2) is 13.9 Å². The lowest BCUT2D eigenvalue weighted by Crippen LogP contribution is -2.66. The molecule has 0 spiro atoms. The van der Waals surface area contributed by atoms with Gasteiger partial charge < -0.3 is 90.0 Å².